The third-order valence-corrected chi connectivity index (χ3v) is 4.26. The van der Waals surface area contributed by atoms with Crippen LogP contribution in [0.4, 0.5) is 0 Å². The highest BCUT2D eigenvalue weighted by atomic mass is 35.5. The number of rotatable bonds is 1. The van der Waals surface area contributed by atoms with Crippen LogP contribution in [0.15, 0.2) is 6.20 Å². The van der Waals surface area contributed by atoms with Crippen LogP contribution in [0, 0.1) is 11.8 Å². The Bertz CT molecular complexity index is 371. The third kappa shape index (κ3) is 1.87. The van der Waals surface area contributed by atoms with Crippen LogP contribution in [-0.4, -0.2) is 14.9 Å². The van der Waals surface area contributed by atoms with Gasteiger partial charge < -0.3 is 5.11 Å². The zero-order valence-corrected chi connectivity index (χ0v) is 10.8. The topological polar surface area (TPSA) is 38.1 Å². The van der Waals surface area contributed by atoms with Gasteiger partial charge in [-0.05, 0) is 31.1 Å². The Hall–Kier alpha value is -0.540. The van der Waals surface area contributed by atoms with Crippen LogP contribution in [0.5, 0.6) is 0 Å². The number of aromatic nitrogens is 2. The van der Waals surface area contributed by atoms with Gasteiger partial charge >= 0.3 is 0 Å². The molecule has 3 nitrogen and oxygen atoms in total. The summed E-state index contributed by atoms with van der Waals surface area (Å²) in [5, 5.41) is 15.4. The van der Waals surface area contributed by atoms with Gasteiger partial charge in [0.15, 0.2) is 0 Å². The number of aryl methyl sites for hydroxylation is 1. The van der Waals surface area contributed by atoms with Crippen LogP contribution in [0.1, 0.15) is 38.8 Å². The van der Waals surface area contributed by atoms with Crippen molar-refractivity contribution in [1.82, 2.24) is 9.78 Å². The van der Waals surface area contributed by atoms with Gasteiger partial charge in [-0.1, -0.05) is 25.4 Å². The van der Waals surface area contributed by atoms with Gasteiger partial charge in [-0.2, -0.15) is 5.10 Å². The van der Waals surface area contributed by atoms with Crippen molar-refractivity contribution >= 4 is 11.6 Å². The molecule has 3 unspecified atom stereocenters. The van der Waals surface area contributed by atoms with Crippen LogP contribution in [-0.2, 0) is 12.6 Å². The van der Waals surface area contributed by atoms with E-state index in [-0.39, 0.29) is 0 Å². The Morgan fingerprint density at radius 2 is 2.19 bits per heavy atom. The first-order valence-corrected chi connectivity index (χ1v) is 6.22. The monoisotopic (exact) mass is 242 g/mol. The molecule has 0 spiro atoms. The average Bonchev–Trinajstić information content (AvgIpc) is 2.54. The van der Waals surface area contributed by atoms with Crippen molar-refractivity contribution in [3.05, 3.63) is 16.9 Å². The summed E-state index contributed by atoms with van der Waals surface area (Å²) in [7, 11) is 1.84. The van der Waals surface area contributed by atoms with Crippen molar-refractivity contribution < 1.29 is 5.11 Å². The summed E-state index contributed by atoms with van der Waals surface area (Å²) in [4.78, 5) is 0. The van der Waals surface area contributed by atoms with Gasteiger partial charge in [-0.3, -0.25) is 4.68 Å². The van der Waals surface area contributed by atoms with Gasteiger partial charge in [0.1, 0.15) is 5.60 Å². The standard InChI is InChI=1S/C12H19ClN2O/c1-8-4-5-12(16,6-9(8)2)11-10(13)7-14-15(11)3/h7-9,16H,4-6H2,1-3H3. The number of nitrogens with zero attached hydrogens (tertiary/aromatic N) is 2. The Morgan fingerprint density at radius 1 is 1.50 bits per heavy atom. The average molecular weight is 243 g/mol. The van der Waals surface area contributed by atoms with Gasteiger partial charge in [-0.25, -0.2) is 0 Å². The Kier molecular flexibility index (Phi) is 3.01. The molecule has 1 saturated carbocycles. The molecule has 0 amide bonds. The highest BCUT2D eigenvalue weighted by molar-refractivity contribution is 6.31. The lowest BCUT2D eigenvalue weighted by Crippen LogP contribution is -2.37. The molecular formula is C12H19ClN2O. The molecule has 90 valence electrons. The van der Waals surface area contributed by atoms with E-state index in [4.69, 9.17) is 11.6 Å². The summed E-state index contributed by atoms with van der Waals surface area (Å²) in [6.45, 7) is 4.44. The van der Waals surface area contributed by atoms with E-state index in [2.05, 4.69) is 18.9 Å². The molecule has 0 aliphatic heterocycles. The summed E-state index contributed by atoms with van der Waals surface area (Å²) in [5.41, 5.74) is -0.0261. The summed E-state index contributed by atoms with van der Waals surface area (Å²) < 4.78 is 1.70. The van der Waals surface area contributed by atoms with E-state index in [0.717, 1.165) is 25.0 Å². The minimum Gasteiger partial charge on any atom is -0.384 e. The molecule has 1 aromatic rings. The fourth-order valence-electron chi connectivity index (χ4n) is 2.74. The van der Waals surface area contributed by atoms with Crippen molar-refractivity contribution in [3.63, 3.8) is 0 Å². The first-order valence-electron chi connectivity index (χ1n) is 5.84. The highest BCUT2D eigenvalue weighted by Crippen LogP contribution is 2.44. The fraction of sp³-hybridized carbons (Fsp3) is 0.750. The van der Waals surface area contributed by atoms with Crippen LogP contribution >= 0.6 is 11.6 Å². The molecule has 0 aromatic carbocycles. The molecule has 0 saturated heterocycles. The molecule has 0 bridgehead atoms. The first-order chi connectivity index (χ1) is 7.44. The molecule has 2 rings (SSSR count). The third-order valence-electron chi connectivity index (χ3n) is 3.98. The Labute approximate surface area is 101 Å². The smallest absolute Gasteiger partial charge is 0.108 e. The number of hydrogen-bond acceptors (Lipinski definition) is 2. The highest BCUT2D eigenvalue weighted by Gasteiger charge is 2.40. The zero-order valence-electron chi connectivity index (χ0n) is 10.1. The summed E-state index contributed by atoms with van der Waals surface area (Å²) in [5.74, 6) is 1.19. The fourth-order valence-corrected chi connectivity index (χ4v) is 3.08. The zero-order chi connectivity index (χ0) is 11.9. The second-order valence-electron chi connectivity index (χ2n) is 5.19. The molecule has 1 N–H and O–H groups in total. The largest absolute Gasteiger partial charge is 0.384 e. The molecule has 1 aliphatic carbocycles. The van der Waals surface area contributed by atoms with Crippen molar-refractivity contribution in [2.75, 3.05) is 0 Å². The minimum absolute atomic E-state index is 0.518. The first kappa shape index (κ1) is 11.9. The van der Waals surface area contributed by atoms with Crippen molar-refractivity contribution in [1.29, 1.82) is 0 Å². The van der Waals surface area contributed by atoms with Crippen LogP contribution in [0.2, 0.25) is 5.02 Å². The van der Waals surface area contributed by atoms with Crippen molar-refractivity contribution in [2.24, 2.45) is 18.9 Å². The van der Waals surface area contributed by atoms with Crippen LogP contribution in [0.3, 0.4) is 0 Å². The van der Waals surface area contributed by atoms with E-state index in [1.54, 1.807) is 10.9 Å². The molecule has 1 fully saturated rings. The van der Waals surface area contributed by atoms with E-state index >= 15 is 0 Å². The molecule has 1 aliphatic rings. The van der Waals surface area contributed by atoms with Gasteiger partial charge in [0.2, 0.25) is 0 Å². The molecule has 1 aromatic heterocycles. The quantitative estimate of drug-likeness (QED) is 0.822. The lowest BCUT2D eigenvalue weighted by molar-refractivity contribution is -0.0397. The predicted molar refractivity (Wildman–Crippen MR) is 64.3 cm³/mol. The van der Waals surface area contributed by atoms with E-state index < -0.39 is 5.60 Å². The van der Waals surface area contributed by atoms with Gasteiger partial charge in [0.25, 0.3) is 0 Å². The number of halogens is 1. The van der Waals surface area contributed by atoms with Gasteiger partial charge in [-0.15, -0.1) is 0 Å². The van der Waals surface area contributed by atoms with Crippen LogP contribution < -0.4 is 0 Å². The molecule has 16 heavy (non-hydrogen) atoms. The SMILES string of the molecule is CC1CCC(O)(c2c(Cl)cnn2C)CC1C. The second kappa shape index (κ2) is 4.04. The Balaban J connectivity index is 2.33. The summed E-state index contributed by atoms with van der Waals surface area (Å²) in [6, 6.07) is 0. The number of aliphatic hydroxyl groups is 1. The lowest BCUT2D eigenvalue weighted by Gasteiger charge is -2.39. The maximum atomic E-state index is 10.7. The molecule has 3 atom stereocenters. The van der Waals surface area contributed by atoms with Crippen LogP contribution in [0.25, 0.3) is 0 Å². The molecule has 4 heteroatoms. The van der Waals surface area contributed by atoms with Crippen molar-refractivity contribution in [3.8, 4) is 0 Å². The number of hydrogen-bond donors (Lipinski definition) is 1. The van der Waals surface area contributed by atoms with Gasteiger partial charge in [0.05, 0.1) is 16.9 Å². The van der Waals surface area contributed by atoms with E-state index in [1.807, 2.05) is 7.05 Å². The Morgan fingerprint density at radius 3 is 2.69 bits per heavy atom. The maximum Gasteiger partial charge on any atom is 0.108 e. The minimum atomic E-state index is -0.797. The molecular weight excluding hydrogens is 224 g/mol. The summed E-state index contributed by atoms with van der Waals surface area (Å²) in [6.07, 6.45) is 4.20. The van der Waals surface area contributed by atoms with Gasteiger partial charge in [0, 0.05) is 7.05 Å². The maximum absolute atomic E-state index is 10.7. The van der Waals surface area contributed by atoms with E-state index in [9.17, 15) is 5.11 Å². The lowest BCUT2D eigenvalue weighted by atomic mass is 9.72. The molecule has 1 heterocycles. The van der Waals surface area contributed by atoms with E-state index in [1.165, 1.54) is 0 Å². The van der Waals surface area contributed by atoms with E-state index in [0.29, 0.717) is 16.9 Å². The molecule has 0 radical (unpaired) electrons. The van der Waals surface area contributed by atoms with Crippen molar-refractivity contribution in [2.45, 2.75) is 38.7 Å². The normalized spacial score (nSPS) is 35.3. The predicted octanol–water partition coefficient (Wildman–Crippen LogP) is 2.72. The second-order valence-corrected chi connectivity index (χ2v) is 5.60. The summed E-state index contributed by atoms with van der Waals surface area (Å²) >= 11 is 6.11.